The number of nitrogens with zero attached hydrogens (tertiary/aromatic N) is 1. The summed E-state index contributed by atoms with van der Waals surface area (Å²) in [5.74, 6) is 0. The Morgan fingerprint density at radius 2 is 1.23 bits per heavy atom. The Morgan fingerprint density at radius 3 is 1.54 bits per heavy atom. The number of aromatic nitrogens is 1. The van der Waals surface area contributed by atoms with Crippen molar-refractivity contribution in [1.82, 2.24) is 4.98 Å². The van der Waals surface area contributed by atoms with Gasteiger partial charge in [-0.25, -0.2) is 4.98 Å². The van der Waals surface area contributed by atoms with Gasteiger partial charge in [0.25, 0.3) is 0 Å². The van der Waals surface area contributed by atoms with Gasteiger partial charge in [-0.1, -0.05) is 59.2 Å². The summed E-state index contributed by atoms with van der Waals surface area (Å²) in [7, 11) is -0.491. The Balaban J connectivity index is 3.08. The molecule has 0 aliphatic carbocycles. The molecule has 0 aliphatic rings. The molecule has 0 saturated carbocycles. The lowest BCUT2D eigenvalue weighted by Crippen LogP contribution is -2.50. The molecule has 3 nitrogen and oxygen atoms in total. The Bertz CT molecular complexity index is 541. The Morgan fingerprint density at radius 1 is 0.808 bits per heavy atom. The molecule has 1 heterocycles. The van der Waals surface area contributed by atoms with Gasteiger partial charge in [0, 0.05) is 22.9 Å². The van der Waals surface area contributed by atoms with Crippen molar-refractivity contribution in [2.45, 2.75) is 93.3 Å². The fourth-order valence-corrected chi connectivity index (χ4v) is 4.02. The quantitative estimate of drug-likeness (QED) is 0.435. The van der Waals surface area contributed by atoms with Gasteiger partial charge in [-0.05, 0) is 57.4 Å². The topological polar surface area (TPSA) is 31.4 Å². The zero-order chi connectivity index (χ0) is 20.4. The molecule has 0 amide bonds. The van der Waals surface area contributed by atoms with E-state index in [9.17, 15) is 0 Å². The molecular formula is C21H37BClNO2. The maximum Gasteiger partial charge on any atom is 0.496 e. The Kier molecular flexibility index (Phi) is 7.40. The summed E-state index contributed by atoms with van der Waals surface area (Å²) in [6, 6.07) is 3.71. The lowest BCUT2D eigenvalue weighted by molar-refractivity contribution is -0.00959. The molecule has 0 fully saturated rings. The highest BCUT2D eigenvalue weighted by Gasteiger charge is 2.38. The zero-order valence-corrected chi connectivity index (χ0v) is 19.1. The second-order valence-corrected chi connectivity index (χ2v) is 11.4. The molecule has 26 heavy (non-hydrogen) atoms. The van der Waals surface area contributed by atoms with E-state index in [-0.39, 0.29) is 22.0 Å². The van der Waals surface area contributed by atoms with Crippen LogP contribution in [0.25, 0.3) is 0 Å². The summed E-state index contributed by atoms with van der Waals surface area (Å²) in [5.41, 5.74) is 0.541. The van der Waals surface area contributed by atoms with Gasteiger partial charge in [0.1, 0.15) is 5.15 Å². The van der Waals surface area contributed by atoms with Crippen LogP contribution >= 0.6 is 11.6 Å². The van der Waals surface area contributed by atoms with Crippen LogP contribution in [0.3, 0.4) is 0 Å². The summed E-state index contributed by atoms with van der Waals surface area (Å²) in [4.78, 5) is 4.21. The summed E-state index contributed by atoms with van der Waals surface area (Å²) in [5, 5.41) is 0.468. The highest BCUT2D eigenvalue weighted by atomic mass is 35.5. The van der Waals surface area contributed by atoms with Gasteiger partial charge in [-0.15, -0.1) is 0 Å². The van der Waals surface area contributed by atoms with E-state index in [1.165, 1.54) is 0 Å². The van der Waals surface area contributed by atoms with Crippen molar-refractivity contribution < 1.29 is 9.31 Å². The molecule has 0 atom stereocenters. The van der Waals surface area contributed by atoms with Crippen molar-refractivity contribution in [3.8, 4) is 0 Å². The van der Waals surface area contributed by atoms with Crippen molar-refractivity contribution in [3.05, 3.63) is 23.5 Å². The third-order valence-electron chi connectivity index (χ3n) is 3.79. The van der Waals surface area contributed by atoms with Crippen molar-refractivity contribution >= 4 is 24.2 Å². The predicted molar refractivity (Wildman–Crippen MR) is 113 cm³/mol. The van der Waals surface area contributed by atoms with E-state index in [0.29, 0.717) is 5.15 Å². The average molecular weight is 382 g/mol. The van der Waals surface area contributed by atoms with E-state index in [4.69, 9.17) is 20.9 Å². The molecular weight excluding hydrogens is 345 g/mol. The van der Waals surface area contributed by atoms with E-state index in [1.807, 2.05) is 6.07 Å². The van der Waals surface area contributed by atoms with Gasteiger partial charge < -0.3 is 9.31 Å². The lowest BCUT2D eigenvalue weighted by atomic mass is 9.74. The molecule has 0 N–H and O–H groups in total. The van der Waals surface area contributed by atoms with Gasteiger partial charge in [-0.3, -0.25) is 0 Å². The second kappa shape index (κ2) is 8.20. The fourth-order valence-electron chi connectivity index (χ4n) is 3.90. The minimum Gasteiger partial charge on any atom is -0.402 e. The van der Waals surface area contributed by atoms with Crippen molar-refractivity contribution in [1.29, 1.82) is 0 Å². The van der Waals surface area contributed by atoms with Crippen LogP contribution in [0.4, 0.5) is 0 Å². The highest BCUT2D eigenvalue weighted by molar-refractivity contribution is 6.61. The summed E-state index contributed by atoms with van der Waals surface area (Å²) in [6.45, 7) is 21.8. The maximum atomic E-state index is 6.48. The highest BCUT2D eigenvalue weighted by Crippen LogP contribution is 2.33. The van der Waals surface area contributed by atoms with Crippen LogP contribution in [0.2, 0.25) is 5.15 Å². The van der Waals surface area contributed by atoms with Gasteiger partial charge in [0.05, 0.1) is 0 Å². The number of hydrogen-bond donors (Lipinski definition) is 0. The first kappa shape index (κ1) is 23.5. The number of pyridine rings is 1. The molecule has 0 unspecified atom stereocenters. The fraction of sp³-hybridized carbons (Fsp3) is 0.762. The first-order valence-electron chi connectivity index (χ1n) is 9.45. The number of hydrogen-bond acceptors (Lipinski definition) is 3. The van der Waals surface area contributed by atoms with Gasteiger partial charge in [0.2, 0.25) is 0 Å². The standard InChI is InChI=1S/C21H37BClNO2/c1-18(2,3)14-20(7,8)25-22(16-11-12-17(23)24-13-16)26-21(9,10)15-19(4,5)6/h11-13H,14-15H2,1-10H3. The van der Waals surface area contributed by atoms with Crippen LogP contribution in [-0.4, -0.2) is 23.3 Å². The third-order valence-corrected chi connectivity index (χ3v) is 4.01. The third kappa shape index (κ3) is 9.39. The monoisotopic (exact) mass is 381 g/mol. The molecule has 5 heteroatoms. The van der Waals surface area contributed by atoms with E-state index >= 15 is 0 Å². The molecule has 0 radical (unpaired) electrons. The lowest BCUT2D eigenvalue weighted by Gasteiger charge is -2.39. The largest absolute Gasteiger partial charge is 0.496 e. The van der Waals surface area contributed by atoms with Crippen LogP contribution in [-0.2, 0) is 9.31 Å². The first-order valence-corrected chi connectivity index (χ1v) is 9.83. The van der Waals surface area contributed by atoms with Crippen molar-refractivity contribution in [2.24, 2.45) is 10.8 Å². The molecule has 1 aromatic rings. The zero-order valence-electron chi connectivity index (χ0n) is 18.4. The minimum absolute atomic E-state index is 0.160. The van der Waals surface area contributed by atoms with E-state index in [1.54, 1.807) is 12.3 Å². The van der Waals surface area contributed by atoms with Gasteiger partial charge in [0.15, 0.2) is 0 Å². The van der Waals surface area contributed by atoms with Gasteiger partial charge >= 0.3 is 7.12 Å². The smallest absolute Gasteiger partial charge is 0.402 e. The van der Waals surface area contributed by atoms with Crippen LogP contribution < -0.4 is 5.46 Å². The van der Waals surface area contributed by atoms with E-state index in [2.05, 4.69) is 74.2 Å². The Labute approximate surface area is 166 Å². The second-order valence-electron chi connectivity index (χ2n) is 11.0. The number of halogens is 1. The molecule has 148 valence electrons. The van der Waals surface area contributed by atoms with Crippen LogP contribution in [0, 0.1) is 10.8 Å². The van der Waals surface area contributed by atoms with Crippen molar-refractivity contribution in [2.75, 3.05) is 0 Å². The molecule has 0 spiro atoms. The Hall–Kier alpha value is -0.575. The first-order chi connectivity index (χ1) is 11.5. The molecule has 1 rings (SSSR count). The molecule has 0 aromatic carbocycles. The maximum absolute atomic E-state index is 6.48. The summed E-state index contributed by atoms with van der Waals surface area (Å²) >= 11 is 5.96. The average Bonchev–Trinajstić information content (AvgIpc) is 2.31. The molecule has 0 aliphatic heterocycles. The SMILES string of the molecule is CC(C)(C)CC(C)(C)OB(OC(C)(C)CC(C)(C)C)c1ccc(Cl)nc1. The van der Waals surface area contributed by atoms with Crippen molar-refractivity contribution in [3.63, 3.8) is 0 Å². The van der Waals surface area contributed by atoms with Gasteiger partial charge in [-0.2, -0.15) is 0 Å². The normalized spacial score (nSPS) is 13.8. The van der Waals surface area contributed by atoms with E-state index in [0.717, 1.165) is 18.3 Å². The minimum atomic E-state index is -0.491. The van der Waals surface area contributed by atoms with Crippen LogP contribution in [0.15, 0.2) is 18.3 Å². The van der Waals surface area contributed by atoms with Crippen LogP contribution in [0.5, 0.6) is 0 Å². The van der Waals surface area contributed by atoms with Crippen LogP contribution in [0.1, 0.15) is 82.1 Å². The number of rotatable bonds is 7. The molecule has 1 aromatic heterocycles. The van der Waals surface area contributed by atoms with E-state index < -0.39 is 7.12 Å². The summed E-state index contributed by atoms with van der Waals surface area (Å²) < 4.78 is 13.0. The predicted octanol–water partition coefficient (Wildman–Crippen LogP) is 5.89. The molecule has 0 saturated heterocycles. The summed E-state index contributed by atoms with van der Waals surface area (Å²) in [6.07, 6.45) is 3.58. The molecule has 0 bridgehead atoms.